The highest BCUT2D eigenvalue weighted by Crippen LogP contribution is 2.39. The highest BCUT2D eigenvalue weighted by atomic mass is 32.2. The van der Waals surface area contributed by atoms with Gasteiger partial charge in [-0.2, -0.15) is 13.2 Å². The molecule has 1 aromatic heterocycles. The molecular weight excluding hydrogens is 439 g/mol. The summed E-state index contributed by atoms with van der Waals surface area (Å²) < 4.78 is 45.5. The third kappa shape index (κ3) is 5.40. The predicted molar refractivity (Wildman–Crippen MR) is 116 cm³/mol. The number of morpholine rings is 1. The van der Waals surface area contributed by atoms with Gasteiger partial charge in [0.2, 0.25) is 0 Å². The molecule has 1 fully saturated rings. The number of rotatable bonds is 6. The topological polar surface area (TPSA) is 55.7 Å². The van der Waals surface area contributed by atoms with Crippen molar-refractivity contribution in [3.8, 4) is 0 Å². The molecule has 4 rings (SSSR count). The van der Waals surface area contributed by atoms with Gasteiger partial charge in [0.1, 0.15) is 18.1 Å². The molecule has 2 aromatic carbocycles. The van der Waals surface area contributed by atoms with E-state index in [9.17, 15) is 18.0 Å². The Labute approximate surface area is 188 Å². The molecule has 0 saturated carbocycles. The number of alkyl halides is 3. The smallest absolute Gasteiger partial charge is 0.370 e. The van der Waals surface area contributed by atoms with Gasteiger partial charge in [-0.25, -0.2) is 4.98 Å². The van der Waals surface area contributed by atoms with Crippen molar-refractivity contribution in [1.82, 2.24) is 10.3 Å². The molecule has 1 aliphatic rings. The van der Waals surface area contributed by atoms with Crippen LogP contribution in [0.3, 0.4) is 0 Å². The van der Waals surface area contributed by atoms with Crippen LogP contribution >= 0.6 is 11.8 Å². The van der Waals surface area contributed by atoms with E-state index in [0.29, 0.717) is 28.0 Å². The molecule has 0 atom stereocenters. The molecule has 1 aliphatic heterocycles. The average Bonchev–Trinajstić information content (AvgIpc) is 2.79. The normalized spacial score (nSPS) is 15.1. The van der Waals surface area contributed by atoms with E-state index in [1.807, 2.05) is 6.07 Å². The molecule has 0 unspecified atom stereocenters. The molecule has 0 spiro atoms. The molecule has 32 heavy (non-hydrogen) atoms. The Hall–Kier alpha value is -2.62. The van der Waals surface area contributed by atoms with Crippen LogP contribution in [0, 0.1) is 0 Å². The summed E-state index contributed by atoms with van der Waals surface area (Å²) in [4.78, 5) is 18.9. The van der Waals surface area contributed by atoms with E-state index < -0.39 is 11.7 Å². The highest BCUT2D eigenvalue weighted by molar-refractivity contribution is 7.99. The first-order valence-electron chi connectivity index (χ1n) is 10.4. The number of quaternary nitrogens is 1. The summed E-state index contributed by atoms with van der Waals surface area (Å²) in [6.45, 7) is 4.56. The molecule has 3 aromatic rings. The fourth-order valence-corrected chi connectivity index (χ4v) is 4.64. The molecule has 0 aliphatic carbocycles. The Kier molecular flexibility index (Phi) is 6.98. The third-order valence-corrected chi connectivity index (χ3v) is 6.30. The van der Waals surface area contributed by atoms with Gasteiger partial charge in [0, 0.05) is 10.3 Å². The fraction of sp³-hybridized carbons (Fsp3) is 0.304. The molecule has 0 radical (unpaired) electrons. The number of fused-ring (bicyclic) bond motifs is 1. The summed E-state index contributed by atoms with van der Waals surface area (Å²) in [5.41, 5.74) is 0.241. The molecule has 168 valence electrons. The van der Waals surface area contributed by atoms with Gasteiger partial charge in [-0.1, -0.05) is 42.1 Å². The number of pyridine rings is 1. The summed E-state index contributed by atoms with van der Waals surface area (Å²) in [6.07, 6.45) is -4.47. The minimum Gasteiger partial charge on any atom is -0.370 e. The standard InChI is InChI=1S/C23H22F3N3O2S/c24-23(25,26)18-6-2-4-8-20(18)32-21-15-17(16-5-1-3-7-19(16)28-21)22(30)27-9-10-29-11-13-31-14-12-29/h1-8,15H,9-14H2,(H,27,30)/p+1. The summed E-state index contributed by atoms with van der Waals surface area (Å²) >= 11 is 0.905. The van der Waals surface area contributed by atoms with Crippen molar-refractivity contribution in [2.45, 2.75) is 16.1 Å². The van der Waals surface area contributed by atoms with Crippen LogP contribution < -0.4 is 10.2 Å². The number of para-hydroxylation sites is 1. The number of carbonyl (C=O) groups excluding carboxylic acids is 1. The SMILES string of the molecule is O=C(NCC[NH+]1CCOCC1)c1cc(Sc2ccccc2C(F)(F)F)nc2ccccc12. The maximum absolute atomic E-state index is 13.4. The molecule has 2 heterocycles. The van der Waals surface area contributed by atoms with Crippen LogP contribution in [0.25, 0.3) is 10.9 Å². The Morgan fingerprint density at radius 3 is 2.59 bits per heavy atom. The van der Waals surface area contributed by atoms with Gasteiger partial charge in [0.25, 0.3) is 5.91 Å². The lowest BCUT2D eigenvalue weighted by Gasteiger charge is -2.23. The van der Waals surface area contributed by atoms with Crippen molar-refractivity contribution < 1.29 is 27.6 Å². The zero-order chi connectivity index (χ0) is 22.6. The van der Waals surface area contributed by atoms with Crippen molar-refractivity contribution in [3.63, 3.8) is 0 Å². The van der Waals surface area contributed by atoms with Crippen molar-refractivity contribution in [3.05, 3.63) is 65.7 Å². The second-order valence-corrected chi connectivity index (χ2v) is 8.55. The fourth-order valence-electron chi connectivity index (χ4n) is 3.65. The summed E-state index contributed by atoms with van der Waals surface area (Å²) in [5, 5.41) is 3.95. The van der Waals surface area contributed by atoms with Crippen LogP contribution in [0.4, 0.5) is 13.2 Å². The zero-order valence-corrected chi connectivity index (χ0v) is 18.1. The number of hydrogen-bond donors (Lipinski definition) is 2. The number of aromatic nitrogens is 1. The molecule has 5 nitrogen and oxygen atoms in total. The first-order chi connectivity index (χ1) is 15.4. The van der Waals surface area contributed by atoms with Crippen LogP contribution in [0.2, 0.25) is 0 Å². The lowest BCUT2D eigenvalue weighted by Crippen LogP contribution is -3.14. The van der Waals surface area contributed by atoms with Crippen LogP contribution in [-0.2, 0) is 10.9 Å². The Morgan fingerprint density at radius 2 is 1.81 bits per heavy atom. The van der Waals surface area contributed by atoms with Gasteiger partial charge in [0.05, 0.1) is 42.9 Å². The summed E-state index contributed by atoms with van der Waals surface area (Å²) in [7, 11) is 0. The molecule has 0 bridgehead atoms. The number of amides is 1. The number of carbonyl (C=O) groups is 1. The number of hydrogen-bond acceptors (Lipinski definition) is 4. The van der Waals surface area contributed by atoms with E-state index in [1.165, 1.54) is 17.0 Å². The Morgan fingerprint density at radius 1 is 1.09 bits per heavy atom. The number of ether oxygens (including phenoxy) is 1. The lowest BCUT2D eigenvalue weighted by molar-refractivity contribution is -0.906. The number of benzene rings is 2. The van der Waals surface area contributed by atoms with Crippen molar-refractivity contribution in [1.29, 1.82) is 0 Å². The van der Waals surface area contributed by atoms with Crippen LogP contribution in [0.15, 0.2) is 64.5 Å². The molecule has 9 heteroatoms. The highest BCUT2D eigenvalue weighted by Gasteiger charge is 2.33. The summed E-state index contributed by atoms with van der Waals surface area (Å²) in [6, 6.07) is 14.1. The average molecular weight is 463 g/mol. The molecule has 2 N–H and O–H groups in total. The maximum Gasteiger partial charge on any atom is 0.417 e. The van der Waals surface area contributed by atoms with Crippen LogP contribution in [-0.4, -0.2) is 50.3 Å². The minimum atomic E-state index is -4.47. The second-order valence-electron chi connectivity index (χ2n) is 7.49. The van der Waals surface area contributed by atoms with E-state index in [-0.39, 0.29) is 10.8 Å². The summed E-state index contributed by atoms with van der Waals surface area (Å²) in [5.74, 6) is -0.262. The molecular formula is C23H23F3N3O2S+. The first-order valence-corrected chi connectivity index (χ1v) is 11.2. The van der Waals surface area contributed by atoms with Crippen molar-refractivity contribution in [2.75, 3.05) is 39.4 Å². The molecule has 1 amide bonds. The number of nitrogens with one attached hydrogen (secondary N) is 2. The minimum absolute atomic E-state index is 0.0463. The van der Waals surface area contributed by atoms with E-state index >= 15 is 0 Å². The Bertz CT molecular complexity index is 1100. The number of halogens is 3. The Balaban J connectivity index is 1.57. The van der Waals surface area contributed by atoms with E-state index in [4.69, 9.17) is 4.74 Å². The van der Waals surface area contributed by atoms with E-state index in [0.717, 1.165) is 50.7 Å². The first kappa shape index (κ1) is 22.6. The number of nitrogens with zero attached hydrogens (tertiary/aromatic N) is 1. The quantitative estimate of drug-likeness (QED) is 0.591. The molecule has 1 saturated heterocycles. The van der Waals surface area contributed by atoms with Crippen LogP contribution in [0.5, 0.6) is 0 Å². The van der Waals surface area contributed by atoms with E-state index in [1.54, 1.807) is 30.3 Å². The lowest BCUT2D eigenvalue weighted by atomic mass is 10.1. The van der Waals surface area contributed by atoms with Crippen molar-refractivity contribution >= 4 is 28.6 Å². The van der Waals surface area contributed by atoms with Gasteiger partial charge in [-0.15, -0.1) is 0 Å². The second kappa shape index (κ2) is 9.89. The van der Waals surface area contributed by atoms with Crippen LogP contribution in [0.1, 0.15) is 15.9 Å². The monoisotopic (exact) mass is 462 g/mol. The largest absolute Gasteiger partial charge is 0.417 e. The third-order valence-electron chi connectivity index (χ3n) is 5.31. The van der Waals surface area contributed by atoms with Gasteiger partial charge in [0.15, 0.2) is 0 Å². The van der Waals surface area contributed by atoms with E-state index in [2.05, 4.69) is 10.3 Å². The maximum atomic E-state index is 13.4. The predicted octanol–water partition coefficient (Wildman–Crippen LogP) is 3.05. The van der Waals surface area contributed by atoms with Crippen molar-refractivity contribution in [2.24, 2.45) is 0 Å². The van der Waals surface area contributed by atoms with Gasteiger partial charge in [-0.3, -0.25) is 4.79 Å². The zero-order valence-electron chi connectivity index (χ0n) is 17.2. The van der Waals surface area contributed by atoms with Gasteiger partial charge < -0.3 is 15.0 Å². The van der Waals surface area contributed by atoms with Gasteiger partial charge in [-0.05, 0) is 24.3 Å². The van der Waals surface area contributed by atoms with Gasteiger partial charge >= 0.3 is 6.18 Å².